The number of aliphatic hydroxyl groups excluding tert-OH is 1. The lowest BCUT2D eigenvalue weighted by Gasteiger charge is -2.12. The molecular formula is C20H28Cl4O5. The van der Waals surface area contributed by atoms with E-state index in [2.05, 4.69) is 16.4 Å². The van der Waals surface area contributed by atoms with E-state index < -0.39 is 11.9 Å². The van der Waals surface area contributed by atoms with Gasteiger partial charge >= 0.3 is 11.9 Å². The third-order valence-corrected chi connectivity index (χ3v) is 5.76. The largest absolute Gasteiger partial charge is 0.465 e. The Morgan fingerprint density at radius 2 is 1.00 bits per heavy atom. The average molecular weight is 490 g/mol. The maximum Gasteiger partial charge on any atom is 0.341 e. The number of benzene rings is 1. The standard InChI is InChI=1S/C10H6Cl4O4.C10H22O/c1-17-9(15)3-5(11)7(13)4(10(16)18-2)8(14)6(3)12;1-2-3-4-5-6-7-8-9-10-11/h1-2H3;11H,2-10H2,1H3. The number of aliphatic hydroxyl groups is 1. The van der Waals surface area contributed by atoms with Crippen molar-refractivity contribution in [2.45, 2.75) is 58.3 Å². The van der Waals surface area contributed by atoms with Gasteiger partial charge in [-0.3, -0.25) is 0 Å². The number of unbranched alkanes of at least 4 members (excludes halogenated alkanes) is 7. The van der Waals surface area contributed by atoms with Crippen LogP contribution in [0.3, 0.4) is 0 Å². The molecule has 1 N–H and O–H groups in total. The fraction of sp³-hybridized carbons (Fsp3) is 0.600. The number of halogens is 4. The van der Waals surface area contributed by atoms with Crippen LogP contribution in [0.4, 0.5) is 0 Å². The summed E-state index contributed by atoms with van der Waals surface area (Å²) in [5, 5.41) is 7.61. The minimum absolute atomic E-state index is 0.205. The topological polar surface area (TPSA) is 72.8 Å². The molecule has 166 valence electrons. The first kappa shape index (κ1) is 28.3. The molecule has 0 spiro atoms. The number of carbonyl (C=O) groups excluding carboxylic acids is 2. The van der Waals surface area contributed by atoms with E-state index in [1.54, 1.807) is 0 Å². The van der Waals surface area contributed by atoms with Gasteiger partial charge in [0.25, 0.3) is 0 Å². The van der Waals surface area contributed by atoms with Crippen LogP contribution in [0.5, 0.6) is 0 Å². The van der Waals surface area contributed by atoms with Gasteiger partial charge in [-0.1, -0.05) is 98.3 Å². The van der Waals surface area contributed by atoms with E-state index in [1.807, 2.05) is 0 Å². The Bertz CT molecular complexity index is 581. The highest BCUT2D eigenvalue weighted by Crippen LogP contribution is 2.41. The van der Waals surface area contributed by atoms with Crippen LogP contribution in [0.1, 0.15) is 79.0 Å². The summed E-state index contributed by atoms with van der Waals surface area (Å²) in [7, 11) is 2.29. The highest BCUT2D eigenvalue weighted by molar-refractivity contribution is 6.52. The van der Waals surface area contributed by atoms with Gasteiger partial charge in [0, 0.05) is 6.61 Å². The molecule has 0 amide bonds. The first-order valence-corrected chi connectivity index (χ1v) is 10.9. The molecule has 0 heterocycles. The molecule has 0 saturated carbocycles. The van der Waals surface area contributed by atoms with Crippen LogP contribution in [-0.2, 0) is 9.47 Å². The number of esters is 2. The second-order valence-corrected chi connectivity index (χ2v) is 7.70. The molecule has 5 nitrogen and oxygen atoms in total. The van der Waals surface area contributed by atoms with E-state index in [-0.39, 0.29) is 31.2 Å². The number of hydrogen-bond donors (Lipinski definition) is 1. The molecule has 9 heteroatoms. The maximum atomic E-state index is 11.5. The summed E-state index contributed by atoms with van der Waals surface area (Å²) in [6, 6.07) is 0. The summed E-state index contributed by atoms with van der Waals surface area (Å²) in [4.78, 5) is 23.0. The van der Waals surface area contributed by atoms with Crippen LogP contribution < -0.4 is 0 Å². The molecule has 0 fully saturated rings. The fourth-order valence-corrected chi connectivity index (χ4v) is 3.60. The van der Waals surface area contributed by atoms with Crippen molar-refractivity contribution in [1.29, 1.82) is 0 Å². The van der Waals surface area contributed by atoms with Crippen LogP contribution in [0.25, 0.3) is 0 Å². The normalized spacial score (nSPS) is 10.2. The molecular weight excluding hydrogens is 462 g/mol. The minimum Gasteiger partial charge on any atom is -0.465 e. The van der Waals surface area contributed by atoms with Crippen LogP contribution in [0.15, 0.2) is 0 Å². The minimum atomic E-state index is -0.815. The zero-order valence-electron chi connectivity index (χ0n) is 17.0. The van der Waals surface area contributed by atoms with Crippen molar-refractivity contribution in [2.24, 2.45) is 0 Å². The molecule has 0 aliphatic heterocycles. The lowest BCUT2D eigenvalue weighted by atomic mass is 10.1. The predicted octanol–water partition coefficient (Wildman–Crippen LogP) is 6.99. The molecule has 0 radical (unpaired) electrons. The predicted molar refractivity (Wildman–Crippen MR) is 119 cm³/mol. The fourth-order valence-electron chi connectivity index (χ4n) is 2.44. The van der Waals surface area contributed by atoms with Gasteiger partial charge < -0.3 is 14.6 Å². The summed E-state index contributed by atoms with van der Waals surface area (Å²) in [6.07, 6.45) is 10.4. The van der Waals surface area contributed by atoms with Gasteiger partial charge in [0.05, 0.1) is 45.4 Å². The first-order chi connectivity index (χ1) is 13.8. The molecule has 0 bridgehead atoms. The van der Waals surface area contributed by atoms with E-state index in [0.29, 0.717) is 6.61 Å². The second-order valence-electron chi connectivity index (χ2n) is 6.19. The van der Waals surface area contributed by atoms with Crippen molar-refractivity contribution in [3.05, 3.63) is 31.2 Å². The molecule has 1 aromatic carbocycles. The zero-order chi connectivity index (χ0) is 22.4. The maximum absolute atomic E-state index is 11.5. The number of carbonyl (C=O) groups is 2. The van der Waals surface area contributed by atoms with Crippen molar-refractivity contribution in [2.75, 3.05) is 20.8 Å². The number of methoxy groups -OCH3 is 2. The van der Waals surface area contributed by atoms with Crippen molar-refractivity contribution in [3.8, 4) is 0 Å². The second kappa shape index (κ2) is 16.0. The smallest absolute Gasteiger partial charge is 0.341 e. The Morgan fingerprint density at radius 3 is 1.28 bits per heavy atom. The van der Waals surface area contributed by atoms with Gasteiger partial charge in [-0.15, -0.1) is 0 Å². The Kier molecular flexibility index (Phi) is 15.6. The van der Waals surface area contributed by atoms with Gasteiger partial charge in [-0.25, -0.2) is 9.59 Å². The number of hydrogen-bond acceptors (Lipinski definition) is 5. The average Bonchev–Trinajstić information content (AvgIpc) is 2.72. The van der Waals surface area contributed by atoms with E-state index in [1.165, 1.54) is 44.9 Å². The third kappa shape index (κ3) is 9.31. The van der Waals surface area contributed by atoms with Gasteiger partial charge in [0.2, 0.25) is 0 Å². The monoisotopic (exact) mass is 488 g/mol. The molecule has 0 atom stereocenters. The summed E-state index contributed by atoms with van der Waals surface area (Å²) < 4.78 is 8.99. The SMILES string of the molecule is CCCCCCCCCCO.COC(=O)c1c(Cl)c(Cl)c(C(=O)OC)c(Cl)c1Cl. The Hall–Kier alpha value is -0.720. The lowest BCUT2D eigenvalue weighted by molar-refractivity contribution is 0.0587. The van der Waals surface area contributed by atoms with E-state index in [9.17, 15) is 9.59 Å². The summed E-state index contributed by atoms with van der Waals surface area (Å²) in [5.74, 6) is -1.63. The van der Waals surface area contributed by atoms with Crippen LogP contribution in [0.2, 0.25) is 20.1 Å². The molecule has 0 aromatic heterocycles. The molecule has 1 aromatic rings. The van der Waals surface area contributed by atoms with E-state index in [0.717, 1.165) is 20.6 Å². The highest BCUT2D eigenvalue weighted by Gasteiger charge is 2.28. The lowest BCUT2D eigenvalue weighted by Crippen LogP contribution is -2.09. The van der Waals surface area contributed by atoms with Crippen molar-refractivity contribution >= 4 is 58.3 Å². The summed E-state index contributed by atoms with van der Waals surface area (Å²) in [5.41, 5.74) is -0.410. The molecule has 29 heavy (non-hydrogen) atoms. The molecule has 0 aliphatic carbocycles. The van der Waals surface area contributed by atoms with Gasteiger partial charge in [-0.2, -0.15) is 0 Å². The quantitative estimate of drug-likeness (QED) is 0.217. The van der Waals surface area contributed by atoms with Crippen LogP contribution in [-0.4, -0.2) is 37.9 Å². The van der Waals surface area contributed by atoms with E-state index in [4.69, 9.17) is 51.5 Å². The Balaban J connectivity index is 0.000000614. The van der Waals surface area contributed by atoms with Crippen molar-refractivity contribution in [3.63, 3.8) is 0 Å². The first-order valence-electron chi connectivity index (χ1n) is 9.41. The van der Waals surface area contributed by atoms with Crippen LogP contribution >= 0.6 is 46.4 Å². The van der Waals surface area contributed by atoms with Crippen LogP contribution in [0, 0.1) is 0 Å². The molecule has 0 aliphatic rings. The number of ether oxygens (including phenoxy) is 2. The number of rotatable bonds is 10. The van der Waals surface area contributed by atoms with Gasteiger partial charge in [0.15, 0.2) is 0 Å². The van der Waals surface area contributed by atoms with Gasteiger partial charge in [-0.05, 0) is 6.42 Å². The third-order valence-electron chi connectivity index (χ3n) is 4.05. The van der Waals surface area contributed by atoms with Gasteiger partial charge in [0.1, 0.15) is 0 Å². The molecule has 0 saturated heterocycles. The molecule has 1 rings (SSSR count). The summed E-state index contributed by atoms with van der Waals surface area (Å²) in [6.45, 7) is 2.61. The Morgan fingerprint density at radius 1 is 0.690 bits per heavy atom. The Labute approximate surface area is 192 Å². The van der Waals surface area contributed by atoms with E-state index >= 15 is 0 Å². The van der Waals surface area contributed by atoms with Crippen molar-refractivity contribution in [1.82, 2.24) is 0 Å². The zero-order valence-corrected chi connectivity index (χ0v) is 20.0. The summed E-state index contributed by atoms with van der Waals surface area (Å²) >= 11 is 23.5. The van der Waals surface area contributed by atoms with Crippen molar-refractivity contribution < 1.29 is 24.2 Å². The molecule has 0 unspecified atom stereocenters. The highest BCUT2D eigenvalue weighted by atomic mass is 35.5.